The van der Waals surface area contributed by atoms with Crippen LogP contribution < -0.4 is 11.6 Å². The molecule has 0 fully saturated rings. The highest BCUT2D eigenvalue weighted by molar-refractivity contribution is 9.10. The molecule has 4 N–H and O–H groups in total. The summed E-state index contributed by atoms with van der Waals surface area (Å²) in [6.07, 6.45) is 1.69. The van der Waals surface area contributed by atoms with E-state index in [9.17, 15) is 0 Å². The van der Waals surface area contributed by atoms with Gasteiger partial charge in [-0.25, -0.2) is 9.66 Å². The number of nitrogens with two attached hydrogens (primary N) is 2. The summed E-state index contributed by atoms with van der Waals surface area (Å²) in [5, 5.41) is 0. The average molecular weight is 253 g/mol. The summed E-state index contributed by atoms with van der Waals surface area (Å²) >= 11 is 3.36. The highest BCUT2D eigenvalue weighted by Crippen LogP contribution is 2.20. The number of nitrogen functional groups attached to an aromatic ring is 2. The zero-order valence-electron chi connectivity index (χ0n) is 7.31. The Morgan fingerprint density at radius 3 is 2.36 bits per heavy atom. The minimum Gasteiger partial charge on any atom is -0.368 e. The number of nitrogens with zero attached hydrogens (tertiary/aromatic N) is 2. The van der Waals surface area contributed by atoms with E-state index in [-0.39, 0.29) is 0 Å². The zero-order valence-corrected chi connectivity index (χ0v) is 8.90. The van der Waals surface area contributed by atoms with Gasteiger partial charge >= 0.3 is 0 Å². The third kappa shape index (κ3) is 1.58. The van der Waals surface area contributed by atoms with E-state index < -0.39 is 0 Å². The molecule has 0 amide bonds. The maximum atomic E-state index is 5.53. The van der Waals surface area contributed by atoms with Gasteiger partial charge in [0.05, 0.1) is 11.9 Å². The van der Waals surface area contributed by atoms with Crippen molar-refractivity contribution in [2.45, 2.75) is 0 Å². The van der Waals surface area contributed by atoms with Gasteiger partial charge in [-0.3, -0.25) is 0 Å². The molecular weight excluding hydrogens is 244 g/mol. The second-order valence-corrected chi connectivity index (χ2v) is 3.81. The number of anilines is 1. The van der Waals surface area contributed by atoms with Gasteiger partial charge in [0.25, 0.3) is 0 Å². The third-order valence-corrected chi connectivity index (χ3v) is 2.43. The maximum Gasteiger partial charge on any atom is 0.219 e. The molecule has 0 spiro atoms. The van der Waals surface area contributed by atoms with Crippen LogP contribution in [0.3, 0.4) is 0 Å². The minimum atomic E-state index is 0.308. The molecule has 0 aliphatic carbocycles. The van der Waals surface area contributed by atoms with Crippen LogP contribution in [0.2, 0.25) is 0 Å². The molecular formula is C9H9BrN4. The lowest BCUT2D eigenvalue weighted by molar-refractivity contribution is 1.02. The molecule has 0 radical (unpaired) electrons. The smallest absolute Gasteiger partial charge is 0.219 e. The molecule has 0 saturated carbocycles. The van der Waals surface area contributed by atoms with Crippen LogP contribution >= 0.6 is 15.9 Å². The Morgan fingerprint density at radius 2 is 1.86 bits per heavy atom. The van der Waals surface area contributed by atoms with Crippen molar-refractivity contribution in [2.75, 3.05) is 11.6 Å². The van der Waals surface area contributed by atoms with Crippen LogP contribution in [0, 0.1) is 0 Å². The van der Waals surface area contributed by atoms with Crippen LogP contribution in [0.4, 0.5) is 5.95 Å². The Hall–Kier alpha value is -1.49. The number of halogens is 1. The Labute approximate surface area is 89.6 Å². The van der Waals surface area contributed by atoms with E-state index in [1.807, 2.05) is 24.3 Å². The molecule has 0 aliphatic heterocycles. The largest absolute Gasteiger partial charge is 0.368 e. The molecule has 0 bridgehead atoms. The molecule has 1 heterocycles. The van der Waals surface area contributed by atoms with E-state index in [1.54, 1.807) is 6.20 Å². The Bertz CT molecular complexity index is 427. The quantitative estimate of drug-likeness (QED) is 0.758. The van der Waals surface area contributed by atoms with Crippen LogP contribution in [0.5, 0.6) is 0 Å². The highest BCUT2D eigenvalue weighted by Gasteiger charge is 2.04. The highest BCUT2D eigenvalue weighted by atomic mass is 79.9. The van der Waals surface area contributed by atoms with Crippen molar-refractivity contribution in [3.05, 3.63) is 34.9 Å². The lowest BCUT2D eigenvalue weighted by Crippen LogP contribution is -2.09. The van der Waals surface area contributed by atoms with Gasteiger partial charge in [0, 0.05) is 10.0 Å². The van der Waals surface area contributed by atoms with E-state index in [1.165, 1.54) is 4.68 Å². The summed E-state index contributed by atoms with van der Waals surface area (Å²) in [5.74, 6) is 5.84. The molecule has 0 aliphatic rings. The molecule has 0 saturated heterocycles. The van der Waals surface area contributed by atoms with Gasteiger partial charge in [0.15, 0.2) is 0 Å². The fourth-order valence-electron chi connectivity index (χ4n) is 1.17. The van der Waals surface area contributed by atoms with Crippen molar-refractivity contribution in [3.63, 3.8) is 0 Å². The molecule has 2 rings (SSSR count). The predicted molar refractivity (Wildman–Crippen MR) is 59.9 cm³/mol. The standard InChI is InChI=1S/C9H9BrN4/c10-7-3-1-6(2-4-7)8-5-14(12)9(11)13-8/h1-5H,12H2,(H2,11,13). The van der Waals surface area contributed by atoms with E-state index in [0.29, 0.717) is 5.95 Å². The average Bonchev–Trinajstić information content (AvgIpc) is 2.48. The molecule has 4 nitrogen and oxygen atoms in total. The van der Waals surface area contributed by atoms with Crippen LogP contribution in [-0.4, -0.2) is 9.66 Å². The number of hydrogen-bond donors (Lipinski definition) is 2. The van der Waals surface area contributed by atoms with Crippen molar-refractivity contribution in [1.82, 2.24) is 9.66 Å². The summed E-state index contributed by atoms with van der Waals surface area (Å²) in [6, 6.07) is 7.79. The van der Waals surface area contributed by atoms with Crippen LogP contribution in [0.25, 0.3) is 11.3 Å². The lowest BCUT2D eigenvalue weighted by Gasteiger charge is -1.95. The summed E-state index contributed by atoms with van der Waals surface area (Å²) in [5.41, 5.74) is 7.29. The molecule has 2 aromatic rings. The van der Waals surface area contributed by atoms with E-state index in [4.69, 9.17) is 11.6 Å². The fraction of sp³-hybridized carbons (Fsp3) is 0. The topological polar surface area (TPSA) is 69.9 Å². The Balaban J connectivity index is 2.44. The van der Waals surface area contributed by atoms with Gasteiger partial charge in [0.2, 0.25) is 5.95 Å². The SMILES string of the molecule is Nc1nc(-c2ccc(Br)cc2)cn1N. The number of hydrogen-bond acceptors (Lipinski definition) is 3. The number of benzene rings is 1. The molecule has 5 heteroatoms. The predicted octanol–water partition coefficient (Wildman–Crippen LogP) is 1.61. The fourth-order valence-corrected chi connectivity index (χ4v) is 1.43. The van der Waals surface area contributed by atoms with Gasteiger partial charge in [-0.2, -0.15) is 0 Å². The molecule has 72 valence electrons. The first-order valence-corrected chi connectivity index (χ1v) is 4.82. The van der Waals surface area contributed by atoms with Crippen molar-refractivity contribution in [1.29, 1.82) is 0 Å². The van der Waals surface area contributed by atoms with Crippen molar-refractivity contribution >= 4 is 21.9 Å². The van der Waals surface area contributed by atoms with E-state index in [2.05, 4.69) is 20.9 Å². The normalized spacial score (nSPS) is 10.4. The summed E-state index contributed by atoms with van der Waals surface area (Å²) in [6.45, 7) is 0. The minimum absolute atomic E-state index is 0.308. The van der Waals surface area contributed by atoms with Crippen LogP contribution in [-0.2, 0) is 0 Å². The first kappa shape index (κ1) is 9.08. The molecule has 14 heavy (non-hydrogen) atoms. The van der Waals surface area contributed by atoms with Crippen LogP contribution in [0.1, 0.15) is 0 Å². The maximum absolute atomic E-state index is 5.53. The van der Waals surface area contributed by atoms with Crippen molar-refractivity contribution in [2.24, 2.45) is 0 Å². The lowest BCUT2D eigenvalue weighted by atomic mass is 10.2. The van der Waals surface area contributed by atoms with Crippen molar-refractivity contribution in [3.8, 4) is 11.3 Å². The zero-order chi connectivity index (χ0) is 10.1. The van der Waals surface area contributed by atoms with Crippen molar-refractivity contribution < 1.29 is 0 Å². The van der Waals surface area contributed by atoms with Gasteiger partial charge in [0.1, 0.15) is 0 Å². The van der Waals surface area contributed by atoms with Gasteiger partial charge in [-0.1, -0.05) is 28.1 Å². The second kappa shape index (κ2) is 3.34. The molecule has 1 aromatic carbocycles. The van der Waals surface area contributed by atoms with Gasteiger partial charge < -0.3 is 11.6 Å². The molecule has 0 unspecified atom stereocenters. The first-order chi connectivity index (χ1) is 6.66. The number of rotatable bonds is 1. The summed E-state index contributed by atoms with van der Waals surface area (Å²) < 4.78 is 2.33. The Kier molecular flexibility index (Phi) is 2.17. The Morgan fingerprint density at radius 1 is 1.21 bits per heavy atom. The number of aromatic nitrogens is 2. The van der Waals surface area contributed by atoms with E-state index >= 15 is 0 Å². The van der Waals surface area contributed by atoms with E-state index in [0.717, 1.165) is 15.7 Å². The number of imidazole rings is 1. The molecule has 1 aromatic heterocycles. The van der Waals surface area contributed by atoms with Gasteiger partial charge in [-0.15, -0.1) is 0 Å². The monoisotopic (exact) mass is 252 g/mol. The van der Waals surface area contributed by atoms with Crippen LogP contribution in [0.15, 0.2) is 34.9 Å². The second-order valence-electron chi connectivity index (χ2n) is 2.90. The third-order valence-electron chi connectivity index (χ3n) is 1.90. The molecule has 0 atom stereocenters. The first-order valence-electron chi connectivity index (χ1n) is 4.02. The summed E-state index contributed by atoms with van der Waals surface area (Å²) in [7, 11) is 0. The van der Waals surface area contributed by atoms with Gasteiger partial charge in [-0.05, 0) is 12.1 Å². The summed E-state index contributed by atoms with van der Waals surface area (Å²) in [4.78, 5) is 4.11.